The van der Waals surface area contributed by atoms with E-state index in [1.807, 2.05) is 6.92 Å². The molecule has 0 bridgehead atoms. The standard InChI is InChI=1S/C22H25FN4O4S/c1-5-7-15(3)32(29,30)26-19-12-18(16-10-11-20(28)27(4)13-16)24-22(25-19)31-21-14(2)8-6-9-17(21)23/h6,8-13,15H,5,7H2,1-4H3,(H,24,25,26)/t15-/m0/s1. The van der Waals surface area contributed by atoms with E-state index in [-0.39, 0.29) is 23.1 Å². The summed E-state index contributed by atoms with van der Waals surface area (Å²) in [6, 6.07) is 8.60. The number of para-hydroxylation sites is 1. The maximum atomic E-state index is 14.3. The number of benzene rings is 1. The van der Waals surface area contributed by atoms with Gasteiger partial charge in [-0.2, -0.15) is 9.97 Å². The van der Waals surface area contributed by atoms with Crippen molar-refractivity contribution >= 4 is 15.8 Å². The molecule has 0 amide bonds. The lowest BCUT2D eigenvalue weighted by Crippen LogP contribution is -2.25. The second kappa shape index (κ2) is 9.47. The molecule has 3 rings (SSSR count). The maximum absolute atomic E-state index is 14.3. The summed E-state index contributed by atoms with van der Waals surface area (Å²) in [6.07, 6.45) is 2.74. The molecule has 1 N–H and O–H groups in total. The summed E-state index contributed by atoms with van der Waals surface area (Å²) in [7, 11) is -2.13. The lowest BCUT2D eigenvalue weighted by molar-refractivity contribution is 0.409. The number of hydrogen-bond acceptors (Lipinski definition) is 6. The Hall–Kier alpha value is -3.27. The summed E-state index contributed by atoms with van der Waals surface area (Å²) >= 11 is 0. The fourth-order valence-corrected chi connectivity index (χ4v) is 4.20. The number of aromatic nitrogens is 3. The Bertz CT molecular complexity index is 1270. The van der Waals surface area contributed by atoms with Gasteiger partial charge in [0.1, 0.15) is 5.82 Å². The summed E-state index contributed by atoms with van der Waals surface area (Å²) in [5.41, 5.74) is 1.16. The predicted molar refractivity (Wildman–Crippen MR) is 121 cm³/mol. The molecule has 170 valence electrons. The zero-order valence-electron chi connectivity index (χ0n) is 18.3. The van der Waals surface area contributed by atoms with E-state index in [0.29, 0.717) is 29.7 Å². The smallest absolute Gasteiger partial charge is 0.324 e. The van der Waals surface area contributed by atoms with Crippen LogP contribution >= 0.6 is 0 Å². The molecule has 2 heterocycles. The van der Waals surface area contributed by atoms with Gasteiger partial charge in [-0.05, 0) is 38.0 Å². The van der Waals surface area contributed by atoms with Gasteiger partial charge in [0.15, 0.2) is 11.6 Å². The van der Waals surface area contributed by atoms with Crippen molar-refractivity contribution in [3.63, 3.8) is 0 Å². The van der Waals surface area contributed by atoms with Crippen LogP contribution < -0.4 is 15.0 Å². The van der Waals surface area contributed by atoms with Crippen LogP contribution in [0.2, 0.25) is 0 Å². The second-order valence-corrected chi connectivity index (χ2v) is 9.62. The first-order chi connectivity index (χ1) is 15.1. The average Bonchev–Trinajstić information content (AvgIpc) is 2.72. The summed E-state index contributed by atoms with van der Waals surface area (Å²) in [6.45, 7) is 5.18. The zero-order chi connectivity index (χ0) is 23.5. The monoisotopic (exact) mass is 460 g/mol. The fourth-order valence-electron chi connectivity index (χ4n) is 3.06. The Labute approximate surface area is 186 Å². The molecule has 1 aromatic carbocycles. The van der Waals surface area contributed by atoms with Crippen LogP contribution in [0.5, 0.6) is 11.8 Å². The quantitative estimate of drug-likeness (QED) is 0.545. The molecule has 0 unspecified atom stereocenters. The normalized spacial score (nSPS) is 12.4. The van der Waals surface area contributed by atoms with E-state index in [2.05, 4.69) is 14.7 Å². The number of nitrogens with one attached hydrogen (secondary N) is 1. The average molecular weight is 461 g/mol. The number of anilines is 1. The van der Waals surface area contributed by atoms with E-state index in [0.717, 1.165) is 0 Å². The van der Waals surface area contributed by atoms with Gasteiger partial charge in [-0.3, -0.25) is 9.52 Å². The number of rotatable bonds is 8. The van der Waals surface area contributed by atoms with Gasteiger partial charge in [-0.15, -0.1) is 0 Å². The molecule has 3 aromatic rings. The third-order valence-corrected chi connectivity index (χ3v) is 6.70. The van der Waals surface area contributed by atoms with Crippen LogP contribution in [-0.4, -0.2) is 28.2 Å². The molecule has 0 spiro atoms. The molecule has 8 nitrogen and oxygen atoms in total. The summed E-state index contributed by atoms with van der Waals surface area (Å²) in [5.74, 6) is -0.672. The molecule has 0 aliphatic heterocycles. The van der Waals surface area contributed by atoms with Crippen LogP contribution in [0.1, 0.15) is 32.3 Å². The van der Waals surface area contributed by atoms with Crippen LogP contribution in [0, 0.1) is 12.7 Å². The number of ether oxygens (including phenoxy) is 1. The largest absolute Gasteiger partial charge is 0.421 e. The highest BCUT2D eigenvalue weighted by Gasteiger charge is 2.22. The number of nitrogens with zero attached hydrogens (tertiary/aromatic N) is 3. The van der Waals surface area contributed by atoms with Gasteiger partial charge in [-0.1, -0.05) is 25.5 Å². The highest BCUT2D eigenvalue weighted by molar-refractivity contribution is 7.93. The fraction of sp³-hybridized carbons (Fsp3) is 0.318. The number of aryl methyl sites for hydroxylation is 2. The van der Waals surface area contributed by atoms with Crippen molar-refractivity contribution in [2.45, 2.75) is 38.9 Å². The molecule has 32 heavy (non-hydrogen) atoms. The van der Waals surface area contributed by atoms with Crippen LogP contribution in [0.15, 0.2) is 47.4 Å². The van der Waals surface area contributed by atoms with Crippen molar-refractivity contribution < 1.29 is 17.5 Å². The van der Waals surface area contributed by atoms with Crippen LogP contribution in [0.25, 0.3) is 11.3 Å². The Morgan fingerprint density at radius 2 is 1.97 bits per heavy atom. The van der Waals surface area contributed by atoms with Crippen molar-refractivity contribution in [2.24, 2.45) is 7.05 Å². The molecule has 2 aromatic heterocycles. The SMILES string of the molecule is CCC[C@H](C)S(=O)(=O)Nc1cc(-c2ccc(=O)n(C)c2)nc(Oc2c(C)cccc2F)n1. The van der Waals surface area contributed by atoms with E-state index in [1.54, 1.807) is 45.3 Å². The van der Waals surface area contributed by atoms with Crippen LogP contribution in [-0.2, 0) is 17.1 Å². The van der Waals surface area contributed by atoms with Crippen molar-refractivity contribution in [2.75, 3.05) is 4.72 Å². The van der Waals surface area contributed by atoms with Gasteiger partial charge in [0, 0.05) is 30.9 Å². The minimum absolute atomic E-state index is 0.0178. The maximum Gasteiger partial charge on any atom is 0.324 e. The van der Waals surface area contributed by atoms with Gasteiger partial charge in [0.05, 0.1) is 10.9 Å². The highest BCUT2D eigenvalue weighted by atomic mass is 32.2. The molecule has 0 saturated heterocycles. The molecular weight excluding hydrogens is 435 g/mol. The number of hydrogen-bond donors (Lipinski definition) is 1. The van der Waals surface area contributed by atoms with E-state index >= 15 is 0 Å². The molecular formula is C22H25FN4O4S. The van der Waals surface area contributed by atoms with Gasteiger partial charge in [-0.25, -0.2) is 12.8 Å². The zero-order valence-corrected chi connectivity index (χ0v) is 19.1. The third-order valence-electron chi connectivity index (χ3n) is 4.92. The van der Waals surface area contributed by atoms with Crippen LogP contribution in [0.4, 0.5) is 10.2 Å². The highest BCUT2D eigenvalue weighted by Crippen LogP contribution is 2.29. The van der Waals surface area contributed by atoms with Crippen LogP contribution in [0.3, 0.4) is 0 Å². The molecule has 0 fully saturated rings. The van der Waals surface area contributed by atoms with Gasteiger partial charge in [0.2, 0.25) is 15.6 Å². The minimum Gasteiger partial charge on any atom is -0.421 e. The molecule has 0 saturated carbocycles. The number of sulfonamides is 1. The van der Waals surface area contributed by atoms with Crippen molar-refractivity contribution in [1.29, 1.82) is 0 Å². The molecule has 10 heteroatoms. The summed E-state index contributed by atoms with van der Waals surface area (Å²) < 4.78 is 49.1. The molecule has 1 atom stereocenters. The Kier molecular flexibility index (Phi) is 6.93. The lowest BCUT2D eigenvalue weighted by Gasteiger charge is -2.15. The van der Waals surface area contributed by atoms with Crippen molar-refractivity contribution in [3.8, 4) is 23.0 Å². The first-order valence-corrected chi connectivity index (χ1v) is 11.7. The molecule has 0 radical (unpaired) electrons. The first kappa shape index (κ1) is 23.4. The first-order valence-electron chi connectivity index (χ1n) is 10.1. The predicted octanol–water partition coefficient (Wildman–Crippen LogP) is 4.01. The second-order valence-electron chi connectivity index (χ2n) is 7.52. The van der Waals surface area contributed by atoms with Gasteiger partial charge < -0.3 is 9.30 Å². The number of halogens is 1. The van der Waals surface area contributed by atoms with E-state index in [4.69, 9.17) is 4.74 Å². The summed E-state index contributed by atoms with van der Waals surface area (Å²) in [4.78, 5) is 20.2. The lowest BCUT2D eigenvalue weighted by atomic mass is 10.2. The third kappa shape index (κ3) is 5.31. The topological polar surface area (TPSA) is 103 Å². The van der Waals surface area contributed by atoms with Crippen molar-refractivity contribution in [3.05, 3.63) is 64.3 Å². The Balaban J connectivity index is 2.09. The summed E-state index contributed by atoms with van der Waals surface area (Å²) in [5, 5.41) is -0.637. The van der Waals surface area contributed by atoms with E-state index in [1.165, 1.54) is 22.8 Å². The Morgan fingerprint density at radius 3 is 2.62 bits per heavy atom. The van der Waals surface area contributed by atoms with E-state index in [9.17, 15) is 17.6 Å². The van der Waals surface area contributed by atoms with Gasteiger partial charge in [0.25, 0.3) is 0 Å². The molecule has 0 aliphatic rings. The van der Waals surface area contributed by atoms with Crippen molar-refractivity contribution in [1.82, 2.24) is 14.5 Å². The van der Waals surface area contributed by atoms with E-state index < -0.39 is 21.1 Å². The number of pyridine rings is 1. The molecule has 0 aliphatic carbocycles. The Morgan fingerprint density at radius 1 is 1.22 bits per heavy atom. The van der Waals surface area contributed by atoms with Gasteiger partial charge >= 0.3 is 6.01 Å². The minimum atomic E-state index is -3.72.